The minimum Gasteiger partial charge on any atom is -0.508 e. The molecular weight excluding hydrogens is 204 g/mol. The molecule has 0 aliphatic carbocycles. The van der Waals surface area contributed by atoms with Crippen LogP contribution in [0.5, 0.6) is 5.75 Å². The van der Waals surface area contributed by atoms with Crippen molar-refractivity contribution in [3.63, 3.8) is 0 Å². The molecule has 4 nitrogen and oxygen atoms in total. The average molecular weight is 220 g/mol. The molecule has 0 spiro atoms. The molecule has 1 amide bonds. The van der Waals surface area contributed by atoms with Crippen molar-refractivity contribution in [1.82, 2.24) is 10.2 Å². The number of nitrogens with one attached hydrogen (secondary N) is 1. The zero-order valence-corrected chi connectivity index (χ0v) is 9.31. The van der Waals surface area contributed by atoms with E-state index in [1.54, 1.807) is 17.0 Å². The molecule has 1 saturated heterocycles. The topological polar surface area (TPSA) is 52.6 Å². The second-order valence-electron chi connectivity index (χ2n) is 4.06. The van der Waals surface area contributed by atoms with Crippen LogP contribution < -0.4 is 5.32 Å². The van der Waals surface area contributed by atoms with Crippen LogP contribution in [0.2, 0.25) is 0 Å². The fraction of sp³-hybridized carbons (Fsp3) is 0.417. The highest BCUT2D eigenvalue weighted by Crippen LogP contribution is 2.18. The number of carbonyl (C=O) groups excluding carboxylic acids is 1. The normalized spacial score (nSPS) is 21.2. The Hall–Kier alpha value is -1.55. The Bertz CT molecular complexity index is 392. The number of carbonyl (C=O) groups is 1. The van der Waals surface area contributed by atoms with E-state index in [9.17, 15) is 9.90 Å². The summed E-state index contributed by atoms with van der Waals surface area (Å²) in [5.41, 5.74) is 0.796. The van der Waals surface area contributed by atoms with E-state index in [0.717, 1.165) is 12.1 Å². The lowest BCUT2D eigenvalue weighted by atomic mass is 10.1. The molecule has 2 rings (SSSR count). The lowest BCUT2D eigenvalue weighted by Gasteiger charge is -2.31. The maximum atomic E-state index is 11.8. The van der Waals surface area contributed by atoms with Gasteiger partial charge in [-0.3, -0.25) is 4.79 Å². The number of hydrogen-bond acceptors (Lipinski definition) is 3. The fourth-order valence-electron chi connectivity index (χ4n) is 1.89. The number of phenolic OH excluding ortho intramolecular Hbond substituents is 1. The molecule has 1 aliphatic rings. The number of phenols is 1. The first-order chi connectivity index (χ1) is 7.68. The SMILES string of the molecule is CC1NCCN(Cc2ccccc2O)C1=O. The largest absolute Gasteiger partial charge is 0.508 e. The standard InChI is InChI=1S/C12H16N2O2/c1-9-12(16)14(7-6-13-9)8-10-4-2-3-5-11(10)15/h2-5,9,13,15H,6-8H2,1H3. The van der Waals surface area contributed by atoms with Crippen molar-refractivity contribution in [3.05, 3.63) is 29.8 Å². The number of piperazine rings is 1. The maximum Gasteiger partial charge on any atom is 0.239 e. The van der Waals surface area contributed by atoms with Gasteiger partial charge in [0.25, 0.3) is 0 Å². The van der Waals surface area contributed by atoms with E-state index in [4.69, 9.17) is 0 Å². The van der Waals surface area contributed by atoms with Gasteiger partial charge in [-0.15, -0.1) is 0 Å². The fourth-order valence-corrected chi connectivity index (χ4v) is 1.89. The predicted molar refractivity (Wildman–Crippen MR) is 61.0 cm³/mol. The Balaban J connectivity index is 2.10. The molecule has 0 saturated carbocycles. The summed E-state index contributed by atoms with van der Waals surface area (Å²) in [5.74, 6) is 0.344. The van der Waals surface area contributed by atoms with Crippen molar-refractivity contribution in [2.24, 2.45) is 0 Å². The molecule has 0 radical (unpaired) electrons. The Labute approximate surface area is 94.9 Å². The molecule has 0 bridgehead atoms. The number of para-hydroxylation sites is 1. The molecule has 1 aromatic rings. The van der Waals surface area contributed by atoms with Crippen molar-refractivity contribution >= 4 is 5.91 Å². The smallest absolute Gasteiger partial charge is 0.239 e. The Morgan fingerprint density at radius 1 is 1.50 bits per heavy atom. The summed E-state index contributed by atoms with van der Waals surface area (Å²) in [6.45, 7) is 3.84. The summed E-state index contributed by atoms with van der Waals surface area (Å²) in [6, 6.07) is 7.01. The van der Waals surface area contributed by atoms with Crippen LogP contribution in [-0.4, -0.2) is 35.0 Å². The van der Waals surface area contributed by atoms with E-state index in [1.807, 2.05) is 19.1 Å². The van der Waals surface area contributed by atoms with Crippen molar-refractivity contribution in [3.8, 4) is 5.75 Å². The van der Waals surface area contributed by atoms with Gasteiger partial charge in [0.15, 0.2) is 0 Å². The number of nitrogens with zero attached hydrogens (tertiary/aromatic N) is 1. The van der Waals surface area contributed by atoms with Crippen molar-refractivity contribution in [1.29, 1.82) is 0 Å². The first-order valence-electron chi connectivity index (χ1n) is 5.47. The van der Waals surface area contributed by atoms with E-state index in [-0.39, 0.29) is 17.7 Å². The number of rotatable bonds is 2. The van der Waals surface area contributed by atoms with Crippen molar-refractivity contribution in [2.75, 3.05) is 13.1 Å². The highest BCUT2D eigenvalue weighted by atomic mass is 16.3. The molecule has 86 valence electrons. The molecule has 1 unspecified atom stereocenters. The summed E-state index contributed by atoms with van der Waals surface area (Å²) in [4.78, 5) is 13.6. The van der Waals surface area contributed by atoms with Crippen LogP contribution in [-0.2, 0) is 11.3 Å². The quantitative estimate of drug-likeness (QED) is 0.772. The molecule has 0 aromatic heterocycles. The Morgan fingerprint density at radius 3 is 3.00 bits per heavy atom. The molecule has 1 aromatic carbocycles. The third-order valence-corrected chi connectivity index (χ3v) is 2.87. The van der Waals surface area contributed by atoms with Crippen molar-refractivity contribution in [2.45, 2.75) is 19.5 Å². The number of aromatic hydroxyl groups is 1. The van der Waals surface area contributed by atoms with Gasteiger partial charge in [0.2, 0.25) is 5.91 Å². The molecule has 1 fully saturated rings. The van der Waals surface area contributed by atoms with Crippen LogP contribution in [0.1, 0.15) is 12.5 Å². The summed E-state index contributed by atoms with van der Waals surface area (Å²) in [7, 11) is 0. The maximum absolute atomic E-state index is 11.8. The highest BCUT2D eigenvalue weighted by Gasteiger charge is 2.24. The lowest BCUT2D eigenvalue weighted by molar-refractivity contribution is -0.135. The van der Waals surface area contributed by atoms with Gasteiger partial charge in [0, 0.05) is 25.2 Å². The second kappa shape index (κ2) is 4.53. The highest BCUT2D eigenvalue weighted by molar-refractivity contribution is 5.82. The first kappa shape index (κ1) is 11.0. The predicted octanol–water partition coefficient (Wildman–Crippen LogP) is 0.712. The third-order valence-electron chi connectivity index (χ3n) is 2.87. The molecule has 2 N–H and O–H groups in total. The Morgan fingerprint density at radius 2 is 2.25 bits per heavy atom. The molecule has 16 heavy (non-hydrogen) atoms. The summed E-state index contributed by atoms with van der Waals surface area (Å²) in [5, 5.41) is 12.7. The van der Waals surface area contributed by atoms with Gasteiger partial charge < -0.3 is 15.3 Å². The minimum atomic E-state index is -0.125. The average Bonchev–Trinajstić information content (AvgIpc) is 2.28. The van der Waals surface area contributed by atoms with Crippen LogP contribution in [0.3, 0.4) is 0 Å². The second-order valence-corrected chi connectivity index (χ2v) is 4.06. The van der Waals surface area contributed by atoms with E-state index >= 15 is 0 Å². The first-order valence-corrected chi connectivity index (χ1v) is 5.47. The zero-order valence-electron chi connectivity index (χ0n) is 9.31. The van der Waals surface area contributed by atoms with Crippen LogP contribution >= 0.6 is 0 Å². The number of hydrogen-bond donors (Lipinski definition) is 2. The van der Waals surface area contributed by atoms with Gasteiger partial charge in [-0.1, -0.05) is 18.2 Å². The molecule has 1 atom stereocenters. The zero-order chi connectivity index (χ0) is 11.5. The molecule has 1 heterocycles. The molecular formula is C12H16N2O2. The molecule has 1 aliphatic heterocycles. The summed E-state index contributed by atoms with van der Waals surface area (Å²) >= 11 is 0. The van der Waals surface area contributed by atoms with Gasteiger partial charge in [-0.25, -0.2) is 0 Å². The minimum absolute atomic E-state index is 0.0921. The van der Waals surface area contributed by atoms with Gasteiger partial charge in [-0.2, -0.15) is 0 Å². The van der Waals surface area contributed by atoms with E-state index in [0.29, 0.717) is 13.1 Å². The van der Waals surface area contributed by atoms with Gasteiger partial charge in [-0.05, 0) is 13.0 Å². The van der Waals surface area contributed by atoms with E-state index in [1.165, 1.54) is 0 Å². The number of benzene rings is 1. The summed E-state index contributed by atoms with van der Waals surface area (Å²) in [6.07, 6.45) is 0. The lowest BCUT2D eigenvalue weighted by Crippen LogP contribution is -2.53. The monoisotopic (exact) mass is 220 g/mol. The van der Waals surface area contributed by atoms with Gasteiger partial charge >= 0.3 is 0 Å². The number of amides is 1. The van der Waals surface area contributed by atoms with Crippen LogP contribution in [0.15, 0.2) is 24.3 Å². The Kier molecular flexibility index (Phi) is 3.10. The summed E-state index contributed by atoms with van der Waals surface area (Å²) < 4.78 is 0. The van der Waals surface area contributed by atoms with Gasteiger partial charge in [0.1, 0.15) is 5.75 Å². The van der Waals surface area contributed by atoms with Crippen LogP contribution in [0.4, 0.5) is 0 Å². The van der Waals surface area contributed by atoms with Crippen LogP contribution in [0.25, 0.3) is 0 Å². The molecule has 4 heteroatoms. The van der Waals surface area contributed by atoms with Crippen molar-refractivity contribution < 1.29 is 9.90 Å². The third kappa shape index (κ3) is 2.17. The van der Waals surface area contributed by atoms with E-state index in [2.05, 4.69) is 5.32 Å². The van der Waals surface area contributed by atoms with E-state index < -0.39 is 0 Å². The van der Waals surface area contributed by atoms with Gasteiger partial charge in [0.05, 0.1) is 6.04 Å². The van der Waals surface area contributed by atoms with Crippen LogP contribution in [0, 0.1) is 0 Å².